The monoisotopic (exact) mass is 337 g/mol. The molecular formula is C17H17F2NO4. The van der Waals surface area contributed by atoms with E-state index in [1.807, 2.05) is 0 Å². The number of hydrogen-bond acceptors (Lipinski definition) is 5. The minimum Gasteiger partial charge on any atom is -0.463 e. The predicted octanol–water partition coefficient (Wildman–Crippen LogP) is 3.27. The van der Waals surface area contributed by atoms with E-state index >= 15 is 0 Å². The van der Waals surface area contributed by atoms with Gasteiger partial charge in [0.15, 0.2) is 11.6 Å². The Kier molecular flexibility index (Phi) is 5.20. The van der Waals surface area contributed by atoms with Crippen LogP contribution in [-0.2, 0) is 20.7 Å². The number of rotatable bonds is 5. The van der Waals surface area contributed by atoms with Gasteiger partial charge in [-0.25, -0.2) is 13.8 Å². The number of nitrogens with zero attached hydrogens (tertiary/aromatic N) is 1. The summed E-state index contributed by atoms with van der Waals surface area (Å²) >= 11 is 0. The molecule has 0 N–H and O–H groups in total. The van der Waals surface area contributed by atoms with Crippen LogP contribution in [-0.4, -0.2) is 30.3 Å². The van der Waals surface area contributed by atoms with Gasteiger partial charge >= 0.3 is 5.97 Å². The van der Waals surface area contributed by atoms with Crippen molar-refractivity contribution in [2.45, 2.75) is 31.8 Å². The van der Waals surface area contributed by atoms with Crippen LogP contribution in [0.15, 0.2) is 28.9 Å². The molecule has 3 rings (SSSR count). The van der Waals surface area contributed by atoms with Gasteiger partial charge in [-0.05, 0) is 37.5 Å². The van der Waals surface area contributed by atoms with Gasteiger partial charge in [0.1, 0.15) is 12.9 Å². The fraction of sp³-hybridized carbons (Fsp3) is 0.412. The first-order chi connectivity index (χ1) is 11.6. The van der Waals surface area contributed by atoms with Crippen molar-refractivity contribution in [3.63, 3.8) is 0 Å². The first-order valence-electron chi connectivity index (χ1n) is 7.79. The average Bonchev–Trinajstić information content (AvgIpc) is 3.05. The molecule has 1 aliphatic rings. The van der Waals surface area contributed by atoms with Crippen LogP contribution in [0.1, 0.15) is 25.0 Å². The lowest BCUT2D eigenvalue weighted by Crippen LogP contribution is -2.26. The summed E-state index contributed by atoms with van der Waals surface area (Å²) in [7, 11) is 0. The smallest absolute Gasteiger partial charge is 0.312 e. The van der Waals surface area contributed by atoms with Gasteiger partial charge < -0.3 is 13.9 Å². The van der Waals surface area contributed by atoms with Crippen molar-refractivity contribution < 1.29 is 27.5 Å². The fourth-order valence-corrected chi connectivity index (χ4v) is 2.47. The zero-order valence-corrected chi connectivity index (χ0v) is 13.0. The Balaban J connectivity index is 1.55. The maximum atomic E-state index is 13.2. The largest absolute Gasteiger partial charge is 0.463 e. The minimum atomic E-state index is -0.987. The number of ether oxygens (including phenoxy) is 2. The van der Waals surface area contributed by atoms with Crippen molar-refractivity contribution in [2.24, 2.45) is 0 Å². The number of benzene rings is 1. The van der Waals surface area contributed by atoms with E-state index in [0.717, 1.165) is 31.4 Å². The van der Waals surface area contributed by atoms with Gasteiger partial charge in [0.25, 0.3) is 0 Å². The number of hydrogen-bond donors (Lipinski definition) is 0. The van der Waals surface area contributed by atoms with E-state index in [9.17, 15) is 13.6 Å². The molecule has 1 saturated heterocycles. The summed E-state index contributed by atoms with van der Waals surface area (Å²) in [4.78, 5) is 15.9. The third-order valence-corrected chi connectivity index (χ3v) is 3.75. The van der Waals surface area contributed by atoms with Crippen LogP contribution in [0, 0.1) is 11.6 Å². The Morgan fingerprint density at radius 3 is 2.92 bits per heavy atom. The molecule has 5 nitrogen and oxygen atoms in total. The molecular weight excluding hydrogens is 320 g/mol. The molecule has 1 atom stereocenters. The third kappa shape index (κ3) is 4.17. The zero-order chi connectivity index (χ0) is 16.9. The highest BCUT2D eigenvalue weighted by Crippen LogP contribution is 2.21. The maximum absolute atomic E-state index is 13.2. The van der Waals surface area contributed by atoms with Gasteiger partial charge in [-0.2, -0.15) is 0 Å². The lowest BCUT2D eigenvalue weighted by Gasteiger charge is -2.21. The van der Waals surface area contributed by atoms with Gasteiger partial charge in [0.2, 0.25) is 5.89 Å². The summed E-state index contributed by atoms with van der Waals surface area (Å²) < 4.78 is 42.0. The Morgan fingerprint density at radius 1 is 1.29 bits per heavy atom. The molecule has 2 aromatic rings. The van der Waals surface area contributed by atoms with Gasteiger partial charge in [-0.3, -0.25) is 4.79 Å². The van der Waals surface area contributed by atoms with Gasteiger partial charge in [-0.1, -0.05) is 0 Å². The van der Waals surface area contributed by atoms with Gasteiger partial charge in [-0.15, -0.1) is 0 Å². The van der Waals surface area contributed by atoms with E-state index in [1.54, 1.807) is 0 Å². The van der Waals surface area contributed by atoms with Crippen LogP contribution in [0.3, 0.4) is 0 Å². The van der Waals surface area contributed by atoms with Crippen molar-refractivity contribution in [3.05, 3.63) is 41.8 Å². The van der Waals surface area contributed by atoms with Crippen LogP contribution >= 0.6 is 0 Å². The van der Waals surface area contributed by atoms with Crippen molar-refractivity contribution in [2.75, 3.05) is 13.2 Å². The molecule has 0 spiro atoms. The molecule has 0 amide bonds. The summed E-state index contributed by atoms with van der Waals surface area (Å²) in [6.45, 7) is 0.926. The molecule has 1 aromatic carbocycles. The normalized spacial score (nSPS) is 17.7. The molecule has 1 fully saturated rings. The number of oxazole rings is 1. The maximum Gasteiger partial charge on any atom is 0.312 e. The first-order valence-corrected chi connectivity index (χ1v) is 7.79. The molecule has 0 aliphatic carbocycles. The zero-order valence-electron chi connectivity index (χ0n) is 13.0. The SMILES string of the molecule is O=C(Cc1coc(-c2ccc(F)c(F)c2)n1)OCC1CCCCO1. The summed E-state index contributed by atoms with van der Waals surface area (Å²) in [5.74, 6) is -2.25. The molecule has 1 aromatic heterocycles. The average molecular weight is 337 g/mol. The second kappa shape index (κ2) is 7.53. The minimum absolute atomic E-state index is 0.0437. The number of halogens is 2. The van der Waals surface area contributed by atoms with Crippen molar-refractivity contribution in [1.82, 2.24) is 4.98 Å². The topological polar surface area (TPSA) is 61.6 Å². The van der Waals surface area contributed by atoms with Crippen LogP contribution in [0.25, 0.3) is 11.5 Å². The van der Waals surface area contributed by atoms with Crippen molar-refractivity contribution in [1.29, 1.82) is 0 Å². The summed E-state index contributed by atoms with van der Waals surface area (Å²) in [6, 6.07) is 3.34. The molecule has 24 heavy (non-hydrogen) atoms. The van der Waals surface area contributed by atoms with E-state index in [1.165, 1.54) is 12.3 Å². The second-order valence-corrected chi connectivity index (χ2v) is 5.62. The van der Waals surface area contributed by atoms with Crippen LogP contribution < -0.4 is 0 Å². The number of carbonyl (C=O) groups excluding carboxylic acids is 1. The number of esters is 1. The predicted molar refractivity (Wildman–Crippen MR) is 80.1 cm³/mol. The second-order valence-electron chi connectivity index (χ2n) is 5.62. The quantitative estimate of drug-likeness (QED) is 0.784. The van der Waals surface area contributed by atoms with Crippen molar-refractivity contribution >= 4 is 5.97 Å². The van der Waals surface area contributed by atoms with Crippen molar-refractivity contribution in [3.8, 4) is 11.5 Å². The molecule has 0 bridgehead atoms. The summed E-state index contributed by atoms with van der Waals surface area (Å²) in [6.07, 6.45) is 4.20. The van der Waals surface area contributed by atoms with E-state index in [4.69, 9.17) is 13.9 Å². The summed E-state index contributed by atoms with van der Waals surface area (Å²) in [5, 5.41) is 0. The Bertz CT molecular complexity index is 710. The molecule has 0 radical (unpaired) electrons. The lowest BCUT2D eigenvalue weighted by molar-refractivity contribution is -0.148. The van der Waals surface area contributed by atoms with E-state index in [2.05, 4.69) is 4.98 Å². The highest BCUT2D eigenvalue weighted by atomic mass is 19.2. The lowest BCUT2D eigenvalue weighted by atomic mass is 10.1. The summed E-state index contributed by atoms with van der Waals surface area (Å²) in [5.41, 5.74) is 0.661. The first kappa shape index (κ1) is 16.6. The molecule has 128 valence electrons. The van der Waals surface area contributed by atoms with E-state index in [0.29, 0.717) is 17.9 Å². The molecule has 1 aliphatic heterocycles. The Labute approximate surface area is 137 Å². The van der Waals surface area contributed by atoms with E-state index in [-0.39, 0.29) is 25.0 Å². The molecule has 2 heterocycles. The Hall–Kier alpha value is -2.28. The highest BCUT2D eigenvalue weighted by Gasteiger charge is 2.17. The fourth-order valence-electron chi connectivity index (χ4n) is 2.47. The third-order valence-electron chi connectivity index (χ3n) is 3.75. The number of aromatic nitrogens is 1. The Morgan fingerprint density at radius 2 is 2.17 bits per heavy atom. The number of carbonyl (C=O) groups is 1. The molecule has 1 unspecified atom stereocenters. The highest BCUT2D eigenvalue weighted by molar-refractivity contribution is 5.72. The van der Waals surface area contributed by atoms with Crippen LogP contribution in [0.2, 0.25) is 0 Å². The van der Waals surface area contributed by atoms with Gasteiger partial charge in [0.05, 0.1) is 18.2 Å². The molecule has 0 saturated carbocycles. The standard InChI is InChI=1S/C17H17F2NO4/c18-14-5-4-11(7-15(14)19)17-20-12(9-24-17)8-16(21)23-10-13-3-1-2-6-22-13/h4-5,7,9,13H,1-3,6,8,10H2. The van der Waals surface area contributed by atoms with E-state index < -0.39 is 17.6 Å². The van der Waals surface area contributed by atoms with Gasteiger partial charge in [0, 0.05) is 12.2 Å². The van der Waals surface area contributed by atoms with Crippen LogP contribution in [0.4, 0.5) is 8.78 Å². The molecule has 7 heteroatoms. The van der Waals surface area contributed by atoms with Crippen LogP contribution in [0.5, 0.6) is 0 Å².